The highest BCUT2D eigenvalue weighted by Gasteiger charge is 2.30. The molecule has 1 rings (SSSR count). The van der Waals surface area contributed by atoms with Gasteiger partial charge < -0.3 is 14.7 Å². The fraction of sp³-hybridized carbons (Fsp3) is 0.909. The summed E-state index contributed by atoms with van der Waals surface area (Å²) in [6, 6.07) is 0. The summed E-state index contributed by atoms with van der Waals surface area (Å²) in [4.78, 5) is 13.0. The number of hydrogen-bond donors (Lipinski definition) is 3. The first-order valence-corrected chi connectivity index (χ1v) is 6.04. The Morgan fingerprint density at radius 2 is 2.18 bits per heavy atom. The third-order valence-corrected chi connectivity index (χ3v) is 3.09. The van der Waals surface area contributed by atoms with E-state index in [-0.39, 0.29) is 5.91 Å². The smallest absolute Gasteiger partial charge is 0.233 e. The fourth-order valence-corrected chi connectivity index (χ4v) is 2.07. The van der Waals surface area contributed by atoms with Gasteiger partial charge >= 0.3 is 0 Å². The molecule has 6 heteroatoms. The first-order valence-electron chi connectivity index (χ1n) is 6.04. The van der Waals surface area contributed by atoms with Crippen molar-refractivity contribution in [3.63, 3.8) is 0 Å². The van der Waals surface area contributed by atoms with Gasteiger partial charge in [0.05, 0.1) is 5.60 Å². The van der Waals surface area contributed by atoms with E-state index in [1.54, 1.807) is 0 Å². The van der Waals surface area contributed by atoms with Gasteiger partial charge in [0.15, 0.2) is 0 Å². The molecule has 4 N–H and O–H groups in total. The predicted octanol–water partition coefficient (Wildman–Crippen LogP) is -0.770. The molecule has 0 aromatic rings. The predicted molar refractivity (Wildman–Crippen MR) is 64.1 cm³/mol. The molecule has 0 spiro atoms. The molecule has 1 amide bonds. The summed E-state index contributed by atoms with van der Waals surface area (Å²) in [5, 5.41) is 10.3. The third kappa shape index (κ3) is 5.45. The van der Waals surface area contributed by atoms with Crippen LogP contribution in [0.4, 0.5) is 0 Å². The number of amides is 1. The van der Waals surface area contributed by atoms with E-state index < -0.39 is 5.60 Å². The van der Waals surface area contributed by atoms with E-state index in [0.717, 1.165) is 13.0 Å². The number of rotatable bonds is 6. The van der Waals surface area contributed by atoms with Crippen molar-refractivity contribution < 1.29 is 14.6 Å². The van der Waals surface area contributed by atoms with Gasteiger partial charge in [0.1, 0.15) is 0 Å². The molecule has 0 aromatic carbocycles. The second kappa shape index (κ2) is 6.90. The maximum absolute atomic E-state index is 10.9. The maximum Gasteiger partial charge on any atom is 0.233 e. The molecule has 0 aromatic heterocycles. The molecule has 1 aliphatic heterocycles. The molecule has 1 saturated heterocycles. The van der Waals surface area contributed by atoms with E-state index in [4.69, 9.17) is 10.6 Å². The number of carbonyl (C=O) groups is 1. The molecule has 1 aliphatic rings. The van der Waals surface area contributed by atoms with Crippen LogP contribution in [0.3, 0.4) is 0 Å². The largest absolute Gasteiger partial charge is 0.388 e. The van der Waals surface area contributed by atoms with Gasteiger partial charge in [0, 0.05) is 39.0 Å². The lowest BCUT2D eigenvalue weighted by Gasteiger charge is -2.35. The summed E-state index contributed by atoms with van der Waals surface area (Å²) in [7, 11) is 1.95. The zero-order valence-corrected chi connectivity index (χ0v) is 10.4. The second-order valence-electron chi connectivity index (χ2n) is 4.75. The summed E-state index contributed by atoms with van der Waals surface area (Å²) in [5.41, 5.74) is 1.47. The van der Waals surface area contributed by atoms with E-state index in [1.165, 1.54) is 0 Å². The topological polar surface area (TPSA) is 87.8 Å². The highest BCUT2D eigenvalue weighted by molar-refractivity contribution is 5.75. The van der Waals surface area contributed by atoms with Crippen molar-refractivity contribution in [2.75, 3.05) is 33.4 Å². The normalized spacial score (nSPS) is 19.3. The maximum atomic E-state index is 10.9. The van der Waals surface area contributed by atoms with E-state index in [9.17, 15) is 9.90 Å². The van der Waals surface area contributed by atoms with Crippen LogP contribution in [0.1, 0.15) is 25.7 Å². The van der Waals surface area contributed by atoms with Crippen LogP contribution < -0.4 is 11.3 Å². The van der Waals surface area contributed by atoms with Crippen LogP contribution in [0.2, 0.25) is 0 Å². The molecular formula is C11H23N3O3. The van der Waals surface area contributed by atoms with Crippen LogP contribution in [-0.4, -0.2) is 54.9 Å². The van der Waals surface area contributed by atoms with Crippen molar-refractivity contribution in [1.29, 1.82) is 0 Å². The van der Waals surface area contributed by atoms with Gasteiger partial charge in [-0.25, -0.2) is 5.84 Å². The van der Waals surface area contributed by atoms with Gasteiger partial charge in [-0.1, -0.05) is 0 Å². The van der Waals surface area contributed by atoms with E-state index >= 15 is 0 Å². The highest BCUT2D eigenvalue weighted by Crippen LogP contribution is 2.21. The van der Waals surface area contributed by atoms with Crippen LogP contribution in [0.15, 0.2) is 0 Å². The number of ether oxygens (including phenoxy) is 1. The van der Waals surface area contributed by atoms with Crippen molar-refractivity contribution in [2.45, 2.75) is 31.3 Å². The number of hydrazine groups is 1. The lowest BCUT2D eigenvalue weighted by atomic mass is 9.94. The SMILES string of the molecule is CN(CCCC(=O)NN)CC1(O)CCOCC1. The molecule has 0 radical (unpaired) electrons. The fourth-order valence-electron chi connectivity index (χ4n) is 2.07. The van der Waals surface area contributed by atoms with Crippen LogP contribution in [0, 0.1) is 0 Å². The van der Waals surface area contributed by atoms with Crippen molar-refractivity contribution in [3.8, 4) is 0 Å². The summed E-state index contributed by atoms with van der Waals surface area (Å²) in [6.07, 6.45) is 2.52. The van der Waals surface area contributed by atoms with Gasteiger partial charge in [-0.05, 0) is 20.0 Å². The summed E-state index contributed by atoms with van der Waals surface area (Å²) in [5.74, 6) is 4.84. The first kappa shape index (κ1) is 14.4. The van der Waals surface area contributed by atoms with Crippen molar-refractivity contribution in [1.82, 2.24) is 10.3 Å². The van der Waals surface area contributed by atoms with Gasteiger partial charge in [-0.15, -0.1) is 0 Å². The number of likely N-dealkylation sites (N-methyl/N-ethyl adjacent to an activating group) is 1. The Morgan fingerprint density at radius 1 is 1.53 bits per heavy atom. The highest BCUT2D eigenvalue weighted by atomic mass is 16.5. The number of nitrogens with zero attached hydrogens (tertiary/aromatic N) is 1. The monoisotopic (exact) mass is 245 g/mol. The number of nitrogens with two attached hydrogens (primary N) is 1. The summed E-state index contributed by atoms with van der Waals surface area (Å²) >= 11 is 0. The standard InChI is InChI=1S/C11H23N3O3/c1-14(6-2-3-10(15)13-12)9-11(16)4-7-17-8-5-11/h16H,2-9,12H2,1H3,(H,13,15). The average Bonchev–Trinajstić information content (AvgIpc) is 2.29. The van der Waals surface area contributed by atoms with Crippen LogP contribution in [0.25, 0.3) is 0 Å². The van der Waals surface area contributed by atoms with Crippen LogP contribution in [0.5, 0.6) is 0 Å². The molecule has 100 valence electrons. The van der Waals surface area contributed by atoms with Gasteiger partial charge in [0.2, 0.25) is 5.91 Å². The molecule has 1 fully saturated rings. The van der Waals surface area contributed by atoms with E-state index in [0.29, 0.717) is 39.0 Å². The summed E-state index contributed by atoms with van der Waals surface area (Å²) < 4.78 is 5.23. The molecule has 17 heavy (non-hydrogen) atoms. The minimum Gasteiger partial charge on any atom is -0.388 e. The van der Waals surface area contributed by atoms with E-state index in [2.05, 4.69) is 10.3 Å². The Kier molecular flexibility index (Phi) is 5.84. The van der Waals surface area contributed by atoms with Crippen molar-refractivity contribution >= 4 is 5.91 Å². The number of carbonyl (C=O) groups excluding carboxylic acids is 1. The van der Waals surface area contributed by atoms with Gasteiger partial charge in [-0.2, -0.15) is 0 Å². The quantitative estimate of drug-likeness (QED) is 0.325. The lowest BCUT2D eigenvalue weighted by Crippen LogP contribution is -2.46. The van der Waals surface area contributed by atoms with Crippen molar-refractivity contribution in [3.05, 3.63) is 0 Å². The zero-order valence-electron chi connectivity index (χ0n) is 10.4. The molecule has 0 saturated carbocycles. The van der Waals surface area contributed by atoms with Crippen molar-refractivity contribution in [2.24, 2.45) is 5.84 Å². The third-order valence-electron chi connectivity index (χ3n) is 3.09. The minimum absolute atomic E-state index is 0.150. The van der Waals surface area contributed by atoms with Crippen LogP contribution in [-0.2, 0) is 9.53 Å². The number of nitrogens with one attached hydrogen (secondary N) is 1. The Labute approximate surface area is 102 Å². The second-order valence-corrected chi connectivity index (χ2v) is 4.75. The first-order chi connectivity index (χ1) is 8.06. The Morgan fingerprint density at radius 3 is 2.76 bits per heavy atom. The average molecular weight is 245 g/mol. The van der Waals surface area contributed by atoms with Gasteiger partial charge in [0.25, 0.3) is 0 Å². The Bertz CT molecular complexity index is 242. The van der Waals surface area contributed by atoms with E-state index in [1.807, 2.05) is 7.05 Å². The molecule has 0 unspecified atom stereocenters. The molecule has 0 atom stereocenters. The molecule has 1 heterocycles. The number of aliphatic hydroxyl groups is 1. The van der Waals surface area contributed by atoms with Gasteiger partial charge in [-0.3, -0.25) is 10.2 Å². The molecule has 6 nitrogen and oxygen atoms in total. The molecular weight excluding hydrogens is 222 g/mol. The minimum atomic E-state index is -0.636. The van der Waals surface area contributed by atoms with Crippen LogP contribution >= 0.6 is 0 Å². The number of hydrogen-bond acceptors (Lipinski definition) is 5. The molecule has 0 aliphatic carbocycles. The lowest BCUT2D eigenvalue weighted by molar-refractivity contribution is -0.121. The zero-order chi connectivity index (χ0) is 12.7. The molecule has 0 bridgehead atoms. The summed E-state index contributed by atoms with van der Waals surface area (Å²) in [6.45, 7) is 2.65. The Hall–Kier alpha value is -0.690. The Balaban J connectivity index is 2.19.